The Bertz CT molecular complexity index is 871. The van der Waals surface area contributed by atoms with Gasteiger partial charge < -0.3 is 4.90 Å². The molecule has 0 unspecified atom stereocenters. The van der Waals surface area contributed by atoms with E-state index in [9.17, 15) is 13.2 Å². The van der Waals surface area contributed by atoms with Gasteiger partial charge in [0.15, 0.2) is 0 Å². The third-order valence-corrected chi connectivity index (χ3v) is 7.04. The summed E-state index contributed by atoms with van der Waals surface area (Å²) in [6.45, 7) is 1.37. The first-order valence-electron chi connectivity index (χ1n) is 7.72. The molecule has 0 spiro atoms. The number of rotatable bonds is 4. The maximum Gasteiger partial charge on any atom is 0.246 e. The average molecular weight is 441 g/mol. The number of halogens is 1. The fourth-order valence-electron chi connectivity index (χ4n) is 2.57. The quantitative estimate of drug-likeness (QED) is 0.686. The highest BCUT2D eigenvalue weighted by Gasteiger charge is 2.29. The lowest BCUT2D eigenvalue weighted by Crippen LogP contribution is -2.50. The Morgan fingerprint density at radius 2 is 1.92 bits per heavy atom. The van der Waals surface area contributed by atoms with E-state index in [4.69, 9.17) is 0 Å². The summed E-state index contributed by atoms with van der Waals surface area (Å²) in [5, 5.41) is 3.92. The van der Waals surface area contributed by atoms with Crippen LogP contribution in [-0.4, -0.2) is 49.7 Å². The van der Waals surface area contributed by atoms with Crippen molar-refractivity contribution in [1.29, 1.82) is 0 Å². The van der Waals surface area contributed by atoms with E-state index < -0.39 is 10.0 Å². The number of amides is 1. The van der Waals surface area contributed by atoms with Crippen LogP contribution in [0.2, 0.25) is 0 Å². The van der Waals surface area contributed by atoms with E-state index in [2.05, 4.69) is 15.9 Å². The van der Waals surface area contributed by atoms with Crippen molar-refractivity contribution in [2.75, 3.05) is 26.2 Å². The molecule has 1 aliphatic rings. The minimum atomic E-state index is -3.53. The molecule has 1 aromatic heterocycles. The number of sulfonamides is 1. The molecule has 1 saturated heterocycles. The fourth-order valence-corrected chi connectivity index (χ4v) is 5.22. The van der Waals surface area contributed by atoms with Gasteiger partial charge >= 0.3 is 0 Å². The summed E-state index contributed by atoms with van der Waals surface area (Å²) in [7, 11) is -3.53. The van der Waals surface area contributed by atoms with Crippen LogP contribution < -0.4 is 0 Å². The van der Waals surface area contributed by atoms with Gasteiger partial charge in [0.1, 0.15) is 0 Å². The van der Waals surface area contributed by atoms with E-state index in [0.29, 0.717) is 26.2 Å². The zero-order valence-corrected chi connectivity index (χ0v) is 16.6. The molecule has 1 amide bonds. The van der Waals surface area contributed by atoms with Crippen LogP contribution in [0.1, 0.15) is 5.56 Å². The molecule has 0 atom stereocenters. The van der Waals surface area contributed by atoms with Crippen molar-refractivity contribution in [2.24, 2.45) is 0 Å². The highest BCUT2D eigenvalue weighted by atomic mass is 79.9. The van der Waals surface area contributed by atoms with Crippen LogP contribution in [0, 0.1) is 0 Å². The van der Waals surface area contributed by atoms with Crippen molar-refractivity contribution in [2.45, 2.75) is 4.90 Å². The summed E-state index contributed by atoms with van der Waals surface area (Å²) >= 11 is 4.87. The molecule has 0 N–H and O–H groups in total. The van der Waals surface area contributed by atoms with E-state index in [-0.39, 0.29) is 10.8 Å². The van der Waals surface area contributed by atoms with Crippen molar-refractivity contribution in [1.82, 2.24) is 9.21 Å². The van der Waals surface area contributed by atoms with Gasteiger partial charge in [0, 0.05) is 36.7 Å². The number of carbonyl (C=O) groups excluding carboxylic acids is 1. The lowest BCUT2D eigenvalue weighted by atomic mass is 10.3. The zero-order valence-electron chi connectivity index (χ0n) is 13.3. The molecule has 0 radical (unpaired) electrons. The van der Waals surface area contributed by atoms with Crippen LogP contribution >= 0.6 is 27.3 Å². The first-order chi connectivity index (χ1) is 12.0. The molecule has 0 aliphatic carbocycles. The summed E-state index contributed by atoms with van der Waals surface area (Å²) in [5.41, 5.74) is 0.995. The Hall–Kier alpha value is -1.48. The fraction of sp³-hybridized carbons (Fsp3) is 0.235. The lowest BCUT2D eigenvalue weighted by Gasteiger charge is -2.33. The minimum Gasteiger partial charge on any atom is -0.337 e. The molecule has 1 aromatic carbocycles. The first kappa shape index (κ1) is 18.3. The van der Waals surface area contributed by atoms with E-state index in [1.807, 2.05) is 16.8 Å². The SMILES string of the molecule is O=C(/C=C/c1ccsc1)N1CCN(S(=O)(=O)c2cccc(Br)c2)CC1. The van der Waals surface area contributed by atoms with Crippen molar-refractivity contribution < 1.29 is 13.2 Å². The second kappa shape index (κ2) is 7.82. The van der Waals surface area contributed by atoms with Gasteiger partial charge in [-0.1, -0.05) is 22.0 Å². The molecular formula is C17H17BrN2O3S2. The third-order valence-electron chi connectivity index (χ3n) is 3.95. The molecule has 1 aliphatic heterocycles. The molecule has 3 rings (SSSR count). The van der Waals surface area contributed by atoms with Gasteiger partial charge in [-0.3, -0.25) is 4.79 Å². The van der Waals surface area contributed by atoms with Gasteiger partial charge in [0.05, 0.1) is 4.90 Å². The number of benzene rings is 1. The van der Waals surface area contributed by atoms with Crippen LogP contribution in [0.5, 0.6) is 0 Å². The number of piperazine rings is 1. The van der Waals surface area contributed by atoms with E-state index in [0.717, 1.165) is 10.0 Å². The first-order valence-corrected chi connectivity index (χ1v) is 10.9. The van der Waals surface area contributed by atoms with Crippen LogP contribution in [0.15, 0.2) is 56.5 Å². The molecule has 25 heavy (non-hydrogen) atoms. The number of thiophene rings is 1. The normalized spacial score (nSPS) is 16.4. The molecular weight excluding hydrogens is 424 g/mol. The van der Waals surface area contributed by atoms with Crippen LogP contribution in [0.3, 0.4) is 0 Å². The maximum absolute atomic E-state index is 12.7. The van der Waals surface area contributed by atoms with Crippen molar-refractivity contribution >= 4 is 49.3 Å². The second-order valence-corrected chi connectivity index (χ2v) is 9.21. The van der Waals surface area contributed by atoms with E-state index >= 15 is 0 Å². The number of nitrogens with zero attached hydrogens (tertiary/aromatic N) is 2. The molecule has 5 nitrogen and oxygen atoms in total. The second-order valence-electron chi connectivity index (χ2n) is 5.58. The summed E-state index contributed by atoms with van der Waals surface area (Å²) in [6.07, 6.45) is 3.32. The van der Waals surface area contributed by atoms with Crippen LogP contribution in [0.4, 0.5) is 0 Å². The van der Waals surface area contributed by atoms with Crippen LogP contribution in [0.25, 0.3) is 6.08 Å². The van der Waals surface area contributed by atoms with Crippen molar-refractivity contribution in [3.63, 3.8) is 0 Å². The Kier molecular flexibility index (Phi) is 5.73. The molecule has 0 bridgehead atoms. The largest absolute Gasteiger partial charge is 0.337 e. The molecule has 8 heteroatoms. The van der Waals surface area contributed by atoms with Gasteiger partial charge in [-0.15, -0.1) is 0 Å². The molecule has 132 valence electrons. The maximum atomic E-state index is 12.7. The van der Waals surface area contributed by atoms with Crippen LogP contribution in [-0.2, 0) is 14.8 Å². The smallest absolute Gasteiger partial charge is 0.246 e. The van der Waals surface area contributed by atoms with Gasteiger partial charge in [-0.05, 0) is 46.7 Å². The molecule has 0 saturated carbocycles. The summed E-state index contributed by atoms with van der Waals surface area (Å²) < 4.78 is 27.5. The Morgan fingerprint density at radius 1 is 1.16 bits per heavy atom. The Labute approximate surface area is 159 Å². The number of hydrogen-bond donors (Lipinski definition) is 0. The number of hydrogen-bond acceptors (Lipinski definition) is 4. The summed E-state index contributed by atoms with van der Waals surface area (Å²) in [4.78, 5) is 14.2. The Balaban J connectivity index is 1.62. The van der Waals surface area contributed by atoms with Gasteiger partial charge in [0.25, 0.3) is 0 Å². The third kappa shape index (κ3) is 4.38. The predicted octanol–water partition coefficient (Wildman–Crippen LogP) is 3.06. The minimum absolute atomic E-state index is 0.0919. The Morgan fingerprint density at radius 3 is 2.56 bits per heavy atom. The molecule has 2 heterocycles. The van der Waals surface area contributed by atoms with Gasteiger partial charge in [0.2, 0.25) is 15.9 Å². The van der Waals surface area contributed by atoms with Crippen molar-refractivity contribution in [3.8, 4) is 0 Å². The monoisotopic (exact) mass is 440 g/mol. The van der Waals surface area contributed by atoms with Gasteiger partial charge in [-0.2, -0.15) is 15.6 Å². The standard InChI is InChI=1S/C17H17BrN2O3S2/c18-15-2-1-3-16(12-15)25(22,23)20-9-7-19(8-10-20)17(21)5-4-14-6-11-24-13-14/h1-6,11-13H,7-10H2/b5-4+. The lowest BCUT2D eigenvalue weighted by molar-refractivity contribution is -0.127. The van der Waals surface area contributed by atoms with E-state index in [1.54, 1.807) is 52.7 Å². The highest BCUT2D eigenvalue weighted by Crippen LogP contribution is 2.21. The highest BCUT2D eigenvalue weighted by molar-refractivity contribution is 9.10. The zero-order chi connectivity index (χ0) is 17.9. The molecule has 1 fully saturated rings. The van der Waals surface area contributed by atoms with Crippen molar-refractivity contribution in [3.05, 3.63) is 57.2 Å². The summed E-state index contributed by atoms with van der Waals surface area (Å²) in [5.74, 6) is -0.0919. The molecule has 2 aromatic rings. The average Bonchev–Trinajstić information content (AvgIpc) is 3.13. The topological polar surface area (TPSA) is 57.7 Å². The predicted molar refractivity (Wildman–Crippen MR) is 103 cm³/mol. The van der Waals surface area contributed by atoms with E-state index in [1.165, 1.54) is 4.31 Å². The summed E-state index contributed by atoms with van der Waals surface area (Å²) in [6, 6.07) is 8.61. The van der Waals surface area contributed by atoms with Gasteiger partial charge in [-0.25, -0.2) is 8.42 Å². The number of carbonyl (C=O) groups is 1.